The second kappa shape index (κ2) is 11.6. The van der Waals surface area contributed by atoms with Gasteiger partial charge < -0.3 is 19.6 Å². The van der Waals surface area contributed by atoms with E-state index >= 15 is 0 Å². The first-order valence-corrected chi connectivity index (χ1v) is 9.96. The van der Waals surface area contributed by atoms with Crippen LogP contribution < -0.4 is 14.9 Å². The minimum atomic E-state index is -0.439. The third kappa shape index (κ3) is 6.73. The lowest BCUT2D eigenvalue weighted by Gasteiger charge is -2.14. The van der Waals surface area contributed by atoms with Crippen molar-refractivity contribution < 1.29 is 19.0 Å². The van der Waals surface area contributed by atoms with Crippen molar-refractivity contribution in [3.8, 4) is 11.5 Å². The summed E-state index contributed by atoms with van der Waals surface area (Å²) in [5.41, 5.74) is 4.72. The molecule has 0 aliphatic heterocycles. The van der Waals surface area contributed by atoms with Crippen molar-refractivity contribution in [1.29, 1.82) is 0 Å². The van der Waals surface area contributed by atoms with Gasteiger partial charge in [-0.25, -0.2) is 4.79 Å². The summed E-state index contributed by atoms with van der Waals surface area (Å²) < 4.78 is 16.7. The molecule has 0 aliphatic rings. The first-order chi connectivity index (χ1) is 13.5. The molecule has 8 heteroatoms. The van der Waals surface area contributed by atoms with Crippen molar-refractivity contribution in [3.63, 3.8) is 0 Å². The minimum Gasteiger partial charge on any atom is -0.490 e. The number of hydrogen-bond acceptors (Lipinski definition) is 6. The van der Waals surface area contributed by atoms with Gasteiger partial charge in [-0.3, -0.25) is 0 Å². The molecule has 0 amide bonds. The number of hydrazone groups is 1. The summed E-state index contributed by atoms with van der Waals surface area (Å²) in [5.74, 6) is 0.510. The molecule has 28 heavy (non-hydrogen) atoms. The van der Waals surface area contributed by atoms with Crippen LogP contribution in [0.1, 0.15) is 25.0 Å². The maximum Gasteiger partial charge on any atom is 0.344 e. The molecule has 0 unspecified atom stereocenters. The quantitative estimate of drug-likeness (QED) is 0.314. The van der Waals surface area contributed by atoms with E-state index in [9.17, 15) is 4.79 Å². The molecule has 150 valence electrons. The zero-order valence-electron chi connectivity index (χ0n) is 15.7. The van der Waals surface area contributed by atoms with Crippen LogP contribution in [0.2, 0.25) is 5.02 Å². The van der Waals surface area contributed by atoms with E-state index in [1.807, 2.05) is 37.3 Å². The maximum absolute atomic E-state index is 11.5. The van der Waals surface area contributed by atoms with E-state index in [1.54, 1.807) is 19.2 Å². The third-order valence-electron chi connectivity index (χ3n) is 3.50. The van der Waals surface area contributed by atoms with E-state index in [-0.39, 0.29) is 6.61 Å². The highest BCUT2D eigenvalue weighted by Crippen LogP contribution is 2.36. The van der Waals surface area contributed by atoms with Crippen molar-refractivity contribution in [2.75, 3.05) is 19.8 Å². The molecule has 0 radical (unpaired) electrons. The number of ether oxygens (including phenoxy) is 3. The lowest BCUT2D eigenvalue weighted by Crippen LogP contribution is -2.15. The van der Waals surface area contributed by atoms with E-state index < -0.39 is 5.97 Å². The molecule has 2 aromatic rings. The van der Waals surface area contributed by atoms with Gasteiger partial charge in [0.05, 0.1) is 30.4 Å². The number of esters is 1. The van der Waals surface area contributed by atoms with Gasteiger partial charge in [-0.05, 0) is 59.1 Å². The molecule has 0 saturated heterocycles. The van der Waals surface area contributed by atoms with Gasteiger partial charge in [0.25, 0.3) is 0 Å². The summed E-state index contributed by atoms with van der Waals surface area (Å²) in [4.78, 5) is 11.5. The van der Waals surface area contributed by atoms with Crippen molar-refractivity contribution in [1.82, 2.24) is 5.43 Å². The number of carbonyl (C=O) groups is 1. The van der Waals surface area contributed by atoms with Crippen LogP contribution >= 0.6 is 27.5 Å². The number of carbonyl (C=O) groups excluding carboxylic acids is 1. The number of halogens is 2. The molecule has 0 aliphatic carbocycles. The molecule has 0 fully saturated rings. The van der Waals surface area contributed by atoms with Crippen LogP contribution in [0.25, 0.3) is 0 Å². The van der Waals surface area contributed by atoms with Gasteiger partial charge in [0.1, 0.15) is 0 Å². The Hall–Kier alpha value is -2.25. The van der Waals surface area contributed by atoms with Crippen molar-refractivity contribution in [2.24, 2.45) is 5.10 Å². The van der Waals surface area contributed by atoms with Crippen LogP contribution in [0.3, 0.4) is 0 Å². The van der Waals surface area contributed by atoms with Gasteiger partial charge in [0, 0.05) is 5.02 Å². The zero-order chi connectivity index (χ0) is 20.4. The highest BCUT2D eigenvalue weighted by Gasteiger charge is 2.14. The van der Waals surface area contributed by atoms with Gasteiger partial charge in [-0.1, -0.05) is 29.8 Å². The fourth-order valence-electron chi connectivity index (χ4n) is 2.29. The van der Waals surface area contributed by atoms with Crippen LogP contribution in [0.5, 0.6) is 11.5 Å². The Balaban J connectivity index is 2.06. The van der Waals surface area contributed by atoms with E-state index in [0.717, 1.165) is 11.1 Å². The number of rotatable bonds is 10. The highest BCUT2D eigenvalue weighted by molar-refractivity contribution is 9.10. The average Bonchev–Trinajstić information content (AvgIpc) is 2.66. The van der Waals surface area contributed by atoms with Gasteiger partial charge in [-0.2, -0.15) is 5.10 Å². The van der Waals surface area contributed by atoms with E-state index in [4.69, 9.17) is 25.8 Å². The Morgan fingerprint density at radius 3 is 2.71 bits per heavy atom. The van der Waals surface area contributed by atoms with E-state index in [0.29, 0.717) is 40.8 Å². The average molecular weight is 470 g/mol. The summed E-state index contributed by atoms with van der Waals surface area (Å²) in [6, 6.07) is 11.2. The number of nitrogens with zero attached hydrogens (tertiary/aromatic N) is 1. The number of nitrogens with one attached hydrogen (secondary N) is 1. The Morgan fingerprint density at radius 2 is 2.00 bits per heavy atom. The number of benzene rings is 2. The van der Waals surface area contributed by atoms with E-state index in [2.05, 4.69) is 26.5 Å². The largest absolute Gasteiger partial charge is 0.490 e. The fraction of sp³-hybridized carbons (Fsp3) is 0.300. The summed E-state index contributed by atoms with van der Waals surface area (Å²) >= 11 is 9.58. The lowest BCUT2D eigenvalue weighted by atomic mass is 10.2. The molecule has 0 saturated carbocycles. The van der Waals surface area contributed by atoms with Gasteiger partial charge in [-0.15, -0.1) is 0 Å². The lowest BCUT2D eigenvalue weighted by molar-refractivity contribution is -0.145. The highest BCUT2D eigenvalue weighted by atomic mass is 79.9. The fourth-order valence-corrected chi connectivity index (χ4v) is 3.07. The standard InChI is InChI=1S/C20H22BrClN2O4/c1-3-26-18-10-14(9-16(21)20(18)28-13-19(25)27-4-2)11-23-24-12-15-7-5-6-8-17(15)22/h5-11,24H,3-4,12-13H2,1-2H3/b23-11-. The van der Waals surface area contributed by atoms with Crippen LogP contribution in [0, 0.1) is 0 Å². The van der Waals surface area contributed by atoms with Crippen LogP contribution in [-0.4, -0.2) is 32.0 Å². The molecule has 0 atom stereocenters. The normalized spacial score (nSPS) is 10.7. The van der Waals surface area contributed by atoms with Crippen LogP contribution in [0.15, 0.2) is 46.0 Å². The van der Waals surface area contributed by atoms with Gasteiger partial charge in [0.15, 0.2) is 18.1 Å². The second-order valence-corrected chi connectivity index (χ2v) is 6.80. The monoisotopic (exact) mass is 468 g/mol. The minimum absolute atomic E-state index is 0.195. The zero-order valence-corrected chi connectivity index (χ0v) is 18.0. The van der Waals surface area contributed by atoms with Crippen molar-refractivity contribution in [2.45, 2.75) is 20.4 Å². The first kappa shape index (κ1) is 22.0. The Labute approximate surface area is 177 Å². The maximum atomic E-state index is 11.5. The molecule has 1 N–H and O–H groups in total. The summed E-state index contributed by atoms with van der Waals surface area (Å²) in [7, 11) is 0. The second-order valence-electron chi connectivity index (χ2n) is 5.54. The van der Waals surface area contributed by atoms with Crippen molar-refractivity contribution >= 4 is 39.7 Å². The van der Waals surface area contributed by atoms with Crippen LogP contribution in [-0.2, 0) is 16.1 Å². The third-order valence-corrected chi connectivity index (χ3v) is 4.46. The van der Waals surface area contributed by atoms with Gasteiger partial charge >= 0.3 is 5.97 Å². The molecule has 2 rings (SSSR count). The van der Waals surface area contributed by atoms with E-state index in [1.165, 1.54) is 0 Å². The first-order valence-electron chi connectivity index (χ1n) is 8.79. The molecule has 2 aromatic carbocycles. The molecule has 0 heterocycles. The summed E-state index contributed by atoms with van der Waals surface area (Å²) in [5, 5.41) is 4.91. The molecule has 0 spiro atoms. The SMILES string of the molecule is CCOC(=O)COc1c(Br)cc(/C=N\NCc2ccccc2Cl)cc1OCC. The summed E-state index contributed by atoms with van der Waals surface area (Å²) in [6.07, 6.45) is 1.67. The predicted molar refractivity (Wildman–Crippen MR) is 113 cm³/mol. The Bertz CT molecular complexity index is 830. The molecule has 0 aromatic heterocycles. The molecular weight excluding hydrogens is 448 g/mol. The summed E-state index contributed by atoms with van der Waals surface area (Å²) in [6.45, 7) is 4.68. The Morgan fingerprint density at radius 1 is 1.21 bits per heavy atom. The van der Waals surface area contributed by atoms with Gasteiger partial charge in [0.2, 0.25) is 0 Å². The number of hydrogen-bond donors (Lipinski definition) is 1. The molecular formula is C20H22BrClN2O4. The van der Waals surface area contributed by atoms with Crippen molar-refractivity contribution in [3.05, 3.63) is 57.0 Å². The topological polar surface area (TPSA) is 69.2 Å². The molecule has 6 nitrogen and oxygen atoms in total. The Kier molecular flexibility index (Phi) is 9.10. The predicted octanol–water partition coefficient (Wildman–Crippen LogP) is 4.57. The molecule has 0 bridgehead atoms. The smallest absolute Gasteiger partial charge is 0.344 e. The van der Waals surface area contributed by atoms with Crippen LogP contribution in [0.4, 0.5) is 0 Å².